The molecule has 3 heterocycles. The molecule has 6 nitrogen and oxygen atoms in total. The molecule has 2 aromatic heterocycles. The topological polar surface area (TPSA) is 70.4 Å². The quantitative estimate of drug-likeness (QED) is 0.500. The lowest BCUT2D eigenvalue weighted by molar-refractivity contribution is -0.137. The molecule has 4 rings (SSSR count). The number of piperidine rings is 1. The van der Waals surface area contributed by atoms with Gasteiger partial charge in [-0.1, -0.05) is 6.92 Å². The van der Waals surface area contributed by atoms with Gasteiger partial charge in [0, 0.05) is 37.6 Å². The summed E-state index contributed by atoms with van der Waals surface area (Å²) in [5.41, 5.74) is 0.720. The lowest BCUT2D eigenvalue weighted by atomic mass is 9.80. The number of rotatable bonds is 6. The van der Waals surface area contributed by atoms with Crippen molar-refractivity contribution >= 4 is 17.3 Å². The van der Waals surface area contributed by atoms with E-state index in [0.29, 0.717) is 24.5 Å². The summed E-state index contributed by atoms with van der Waals surface area (Å²) in [6, 6.07) is 10.1. The van der Waals surface area contributed by atoms with Crippen LogP contribution in [0.4, 0.5) is 24.5 Å². The largest absolute Gasteiger partial charge is 0.451 e. The molecule has 1 aromatic carbocycles. The van der Waals surface area contributed by atoms with Gasteiger partial charge in [-0.05, 0) is 67.8 Å². The second-order valence-corrected chi connectivity index (χ2v) is 8.91. The summed E-state index contributed by atoms with van der Waals surface area (Å²) in [5, 5.41) is 5.86. The summed E-state index contributed by atoms with van der Waals surface area (Å²) in [6.45, 7) is 4.43. The van der Waals surface area contributed by atoms with Gasteiger partial charge in [0.25, 0.3) is 5.91 Å². The highest BCUT2D eigenvalue weighted by Crippen LogP contribution is 2.39. The molecular formula is C25H27F3N4O2. The molecule has 1 saturated heterocycles. The van der Waals surface area contributed by atoms with Crippen LogP contribution in [0.5, 0.6) is 0 Å². The van der Waals surface area contributed by atoms with Gasteiger partial charge in [-0.25, -0.2) is 0 Å². The number of carbonyl (C=O) groups is 1. The molecule has 0 saturated carbocycles. The highest BCUT2D eigenvalue weighted by Gasteiger charge is 2.34. The normalized spacial score (nSPS) is 15.9. The van der Waals surface area contributed by atoms with E-state index in [1.807, 2.05) is 11.9 Å². The van der Waals surface area contributed by atoms with Gasteiger partial charge in [0.05, 0.1) is 16.9 Å². The molecule has 3 aromatic rings. The summed E-state index contributed by atoms with van der Waals surface area (Å²) >= 11 is 0. The van der Waals surface area contributed by atoms with Gasteiger partial charge in [-0.15, -0.1) is 0 Å². The lowest BCUT2D eigenvalue weighted by Crippen LogP contribution is -2.43. The molecule has 1 amide bonds. The molecule has 0 atom stereocenters. The number of pyridine rings is 1. The van der Waals surface area contributed by atoms with Crippen molar-refractivity contribution in [3.05, 3.63) is 66.2 Å². The van der Waals surface area contributed by atoms with Crippen molar-refractivity contribution in [3.8, 4) is 11.3 Å². The summed E-state index contributed by atoms with van der Waals surface area (Å²) in [7, 11) is 1.91. The zero-order valence-electron chi connectivity index (χ0n) is 19.1. The van der Waals surface area contributed by atoms with Crippen molar-refractivity contribution in [1.29, 1.82) is 0 Å². The fourth-order valence-corrected chi connectivity index (χ4v) is 4.29. The third-order valence-electron chi connectivity index (χ3n) is 6.28. The van der Waals surface area contributed by atoms with Crippen molar-refractivity contribution in [3.63, 3.8) is 0 Å². The predicted molar refractivity (Wildman–Crippen MR) is 125 cm³/mol. The monoisotopic (exact) mass is 472 g/mol. The van der Waals surface area contributed by atoms with Crippen LogP contribution in [0.3, 0.4) is 0 Å². The number of halogens is 3. The molecule has 0 unspecified atom stereocenters. The Hall–Kier alpha value is -3.33. The molecule has 180 valence electrons. The maximum Gasteiger partial charge on any atom is 0.416 e. The van der Waals surface area contributed by atoms with E-state index in [2.05, 4.69) is 22.5 Å². The first-order chi connectivity index (χ1) is 16.2. The standard InChI is InChI=1S/C25H27F3N4O2/c1-24(16-29-2)9-13-32(14-10-24)20-4-3-18(25(26,27)28)15-19(20)31-23(33)22-6-5-21(34-22)17-7-11-30-12-8-17/h3-8,11-12,15,29H,9-10,13-14,16H2,1-2H3,(H,31,33). The van der Waals surface area contributed by atoms with Crippen molar-refractivity contribution in [1.82, 2.24) is 10.3 Å². The van der Waals surface area contributed by atoms with E-state index in [-0.39, 0.29) is 16.9 Å². The van der Waals surface area contributed by atoms with Gasteiger partial charge in [-0.3, -0.25) is 9.78 Å². The Morgan fingerprint density at radius 3 is 2.47 bits per heavy atom. The Morgan fingerprint density at radius 1 is 1.12 bits per heavy atom. The molecular weight excluding hydrogens is 445 g/mol. The van der Waals surface area contributed by atoms with E-state index < -0.39 is 17.6 Å². The van der Waals surface area contributed by atoms with Crippen LogP contribution in [0.2, 0.25) is 0 Å². The molecule has 0 spiro atoms. The summed E-state index contributed by atoms with van der Waals surface area (Å²) in [5.74, 6) is -0.134. The number of alkyl halides is 3. The highest BCUT2D eigenvalue weighted by molar-refractivity contribution is 6.04. The third kappa shape index (κ3) is 5.25. The zero-order chi connectivity index (χ0) is 24.3. The van der Waals surface area contributed by atoms with Gasteiger partial charge >= 0.3 is 6.18 Å². The Morgan fingerprint density at radius 2 is 1.82 bits per heavy atom. The number of carbonyl (C=O) groups excluding carboxylic acids is 1. The van der Waals surface area contributed by atoms with Gasteiger partial charge in [-0.2, -0.15) is 13.2 Å². The summed E-state index contributed by atoms with van der Waals surface area (Å²) in [4.78, 5) is 18.9. The lowest BCUT2D eigenvalue weighted by Gasteiger charge is -2.41. The fourth-order valence-electron chi connectivity index (χ4n) is 4.29. The second-order valence-electron chi connectivity index (χ2n) is 8.91. The minimum Gasteiger partial charge on any atom is -0.451 e. The zero-order valence-corrected chi connectivity index (χ0v) is 19.1. The minimum atomic E-state index is -4.52. The van der Waals surface area contributed by atoms with E-state index in [9.17, 15) is 18.0 Å². The Balaban J connectivity index is 1.58. The fraction of sp³-hybridized carbons (Fsp3) is 0.360. The Bertz CT molecular complexity index is 1140. The van der Waals surface area contributed by atoms with E-state index >= 15 is 0 Å². The average Bonchev–Trinajstić information content (AvgIpc) is 3.30. The third-order valence-corrected chi connectivity index (χ3v) is 6.28. The van der Waals surface area contributed by atoms with Crippen LogP contribution >= 0.6 is 0 Å². The van der Waals surface area contributed by atoms with Crippen LogP contribution in [-0.4, -0.2) is 37.6 Å². The average molecular weight is 473 g/mol. The SMILES string of the molecule is CNCC1(C)CCN(c2ccc(C(F)(F)F)cc2NC(=O)c2ccc(-c3ccncc3)o2)CC1. The summed E-state index contributed by atoms with van der Waals surface area (Å²) < 4.78 is 45.9. The maximum atomic E-state index is 13.4. The smallest absolute Gasteiger partial charge is 0.416 e. The van der Waals surface area contributed by atoms with Crippen molar-refractivity contribution in [2.45, 2.75) is 25.9 Å². The minimum absolute atomic E-state index is 0.00964. The number of amides is 1. The summed E-state index contributed by atoms with van der Waals surface area (Å²) in [6.07, 6.45) is 0.454. The van der Waals surface area contributed by atoms with Crippen LogP contribution in [0.15, 0.2) is 59.3 Å². The highest BCUT2D eigenvalue weighted by atomic mass is 19.4. The first-order valence-electron chi connectivity index (χ1n) is 11.1. The molecule has 1 fully saturated rings. The molecule has 9 heteroatoms. The molecule has 2 N–H and O–H groups in total. The predicted octanol–water partition coefficient (Wildman–Crippen LogP) is 5.44. The molecule has 1 aliphatic rings. The maximum absolute atomic E-state index is 13.4. The van der Waals surface area contributed by atoms with Crippen molar-refractivity contribution in [2.75, 3.05) is 36.9 Å². The van der Waals surface area contributed by atoms with Crippen molar-refractivity contribution in [2.24, 2.45) is 5.41 Å². The first-order valence-corrected chi connectivity index (χ1v) is 11.1. The van der Waals surface area contributed by atoms with Crippen LogP contribution in [0, 0.1) is 5.41 Å². The van der Waals surface area contributed by atoms with E-state index in [1.165, 1.54) is 12.1 Å². The van der Waals surface area contributed by atoms with E-state index in [1.54, 1.807) is 30.6 Å². The van der Waals surface area contributed by atoms with Gasteiger partial charge < -0.3 is 20.0 Å². The number of nitrogens with zero attached hydrogens (tertiary/aromatic N) is 2. The molecule has 1 aliphatic heterocycles. The molecule has 0 radical (unpaired) electrons. The van der Waals surface area contributed by atoms with Crippen LogP contribution in [0.25, 0.3) is 11.3 Å². The number of furan rings is 1. The molecule has 34 heavy (non-hydrogen) atoms. The van der Waals surface area contributed by atoms with Gasteiger partial charge in [0.2, 0.25) is 0 Å². The number of aromatic nitrogens is 1. The van der Waals surface area contributed by atoms with Crippen LogP contribution < -0.4 is 15.5 Å². The van der Waals surface area contributed by atoms with Gasteiger partial charge in [0.15, 0.2) is 5.76 Å². The number of benzene rings is 1. The Kier molecular flexibility index (Phi) is 6.65. The van der Waals surface area contributed by atoms with Crippen LogP contribution in [-0.2, 0) is 6.18 Å². The van der Waals surface area contributed by atoms with Crippen LogP contribution in [0.1, 0.15) is 35.9 Å². The number of nitrogens with one attached hydrogen (secondary N) is 2. The molecule has 0 bridgehead atoms. The van der Waals surface area contributed by atoms with Gasteiger partial charge in [0.1, 0.15) is 5.76 Å². The number of hydrogen-bond donors (Lipinski definition) is 2. The second kappa shape index (κ2) is 9.50. The number of anilines is 2. The number of hydrogen-bond acceptors (Lipinski definition) is 5. The Labute approximate surface area is 196 Å². The van der Waals surface area contributed by atoms with E-state index in [0.717, 1.165) is 37.1 Å². The molecule has 0 aliphatic carbocycles. The first kappa shape index (κ1) is 23.8. The van der Waals surface area contributed by atoms with Crippen molar-refractivity contribution < 1.29 is 22.4 Å². The van der Waals surface area contributed by atoms with E-state index in [4.69, 9.17) is 4.42 Å².